The van der Waals surface area contributed by atoms with E-state index in [-0.39, 0.29) is 49.3 Å². The van der Waals surface area contributed by atoms with Crippen LogP contribution in [0.2, 0.25) is 15.5 Å². The first-order chi connectivity index (χ1) is 40.9. The van der Waals surface area contributed by atoms with Crippen LogP contribution in [-0.4, -0.2) is 89.8 Å². The van der Waals surface area contributed by atoms with Gasteiger partial charge in [0.05, 0.1) is 52.6 Å². The second kappa shape index (κ2) is 26.6. The zero-order valence-electron chi connectivity index (χ0n) is 46.6. The zero-order chi connectivity index (χ0) is 58.4. The Morgan fingerprint density at radius 1 is 0.388 bits per heavy atom. The Morgan fingerprint density at radius 2 is 0.706 bits per heavy atom. The minimum Gasteiger partial charge on any atom is -0.496 e. The first-order valence-corrected chi connectivity index (χ1v) is 28.8. The molecule has 3 amide bonds. The van der Waals surface area contributed by atoms with E-state index in [4.69, 9.17) is 53.8 Å². The van der Waals surface area contributed by atoms with E-state index in [1.165, 1.54) is 16.7 Å². The van der Waals surface area contributed by atoms with Gasteiger partial charge in [-0.1, -0.05) is 115 Å². The van der Waals surface area contributed by atoms with E-state index in [0.29, 0.717) is 34.7 Å². The molecule has 0 aliphatic carbocycles. The normalized spacial score (nSPS) is 17.8. The predicted molar refractivity (Wildman–Crippen MR) is 328 cm³/mol. The standard InChI is InChI=1S/3C16H14ClN3O.C11H13NO2.C4H5NO2.CH4/c3*1-21-13-5-3-2-4-10(13)12-7-9-15-18-11-6-8-14(17)19-16(11)20(12)15;1-14-10-5-3-2-4-8(10)9-6-7-11(13)12-9;6-3-1-2-4(7)5-3;/h3*2-6,8,12H,7,9H2,1H3;2-5,9H,6-7H2,1H3,(H,12,13);1-2H2,(H,5,6,7);1H4/t2*12-;;;;/m10..../s1. The quantitative estimate of drug-likeness (QED) is 0.107. The number of hydrogen-bond acceptors (Lipinski definition) is 13. The number of carbonyl (C=O) groups is 3. The van der Waals surface area contributed by atoms with E-state index < -0.39 is 0 Å². The number of imidazole rings is 3. The van der Waals surface area contributed by atoms with Crippen LogP contribution in [0.5, 0.6) is 23.0 Å². The van der Waals surface area contributed by atoms with E-state index in [1.54, 1.807) is 46.6 Å². The van der Waals surface area contributed by atoms with Crippen molar-refractivity contribution in [1.82, 2.24) is 54.2 Å². The third kappa shape index (κ3) is 12.6. The summed E-state index contributed by atoms with van der Waals surface area (Å²) in [6.45, 7) is 0. The van der Waals surface area contributed by atoms with Crippen molar-refractivity contribution in [2.45, 2.75) is 95.8 Å². The molecule has 2 fully saturated rings. The first-order valence-electron chi connectivity index (χ1n) is 27.7. The molecule has 5 aliphatic rings. The van der Waals surface area contributed by atoms with E-state index in [1.807, 2.05) is 97.1 Å². The molecule has 0 radical (unpaired) electrons. The lowest BCUT2D eigenvalue weighted by Crippen LogP contribution is -2.18. The van der Waals surface area contributed by atoms with Gasteiger partial charge in [0.25, 0.3) is 0 Å². The summed E-state index contributed by atoms with van der Waals surface area (Å²) in [5.41, 5.74) is 9.82. The second-order valence-electron chi connectivity index (χ2n) is 20.4. The molecule has 2 N–H and O–H groups in total. The van der Waals surface area contributed by atoms with Crippen molar-refractivity contribution in [3.63, 3.8) is 0 Å². The maximum atomic E-state index is 11.1. The van der Waals surface area contributed by atoms with Crippen LogP contribution in [0.4, 0.5) is 0 Å². The van der Waals surface area contributed by atoms with E-state index in [9.17, 15) is 14.4 Å². The summed E-state index contributed by atoms with van der Waals surface area (Å²) in [6.07, 6.45) is 8.07. The average molecular weight is 1210 g/mol. The molecule has 6 aromatic heterocycles. The van der Waals surface area contributed by atoms with E-state index >= 15 is 0 Å². The molecule has 0 bridgehead atoms. The highest BCUT2D eigenvalue weighted by molar-refractivity contribution is 6.30. The number of imide groups is 1. The lowest BCUT2D eigenvalue weighted by atomic mass is 10.0. The number of ether oxygens (including phenoxy) is 4. The van der Waals surface area contributed by atoms with Gasteiger partial charge in [0.2, 0.25) is 17.7 Å². The van der Waals surface area contributed by atoms with E-state index in [2.05, 4.69) is 72.4 Å². The Labute approximate surface area is 506 Å². The Morgan fingerprint density at radius 3 is 1.00 bits per heavy atom. The summed E-state index contributed by atoms with van der Waals surface area (Å²) in [5, 5.41) is 6.55. The van der Waals surface area contributed by atoms with Gasteiger partial charge in [-0.15, -0.1) is 0 Å². The number of fused-ring (bicyclic) bond motifs is 9. The maximum Gasteiger partial charge on any atom is 0.227 e. The van der Waals surface area contributed by atoms with Crippen molar-refractivity contribution >= 4 is 86.0 Å². The molecule has 5 aliphatic heterocycles. The van der Waals surface area contributed by atoms with Crippen LogP contribution in [0.15, 0.2) is 133 Å². The highest BCUT2D eigenvalue weighted by Crippen LogP contribution is 2.42. The van der Waals surface area contributed by atoms with Gasteiger partial charge in [-0.2, -0.15) is 0 Å². The van der Waals surface area contributed by atoms with Crippen LogP contribution >= 0.6 is 34.8 Å². The number of aryl methyl sites for hydroxylation is 3. The molecule has 4 aromatic carbocycles. The van der Waals surface area contributed by atoms with Crippen molar-refractivity contribution in [3.05, 3.63) is 189 Å². The molecule has 15 rings (SSSR count). The van der Waals surface area contributed by atoms with Crippen molar-refractivity contribution in [1.29, 1.82) is 0 Å². The Kier molecular flexibility index (Phi) is 18.6. The van der Waals surface area contributed by atoms with Crippen molar-refractivity contribution in [2.24, 2.45) is 0 Å². The molecule has 0 spiro atoms. The van der Waals surface area contributed by atoms with Gasteiger partial charge in [-0.25, -0.2) is 29.9 Å². The fourth-order valence-electron chi connectivity index (χ4n) is 11.7. The van der Waals surface area contributed by atoms with E-state index in [0.717, 1.165) is 124 Å². The lowest BCUT2D eigenvalue weighted by molar-refractivity contribution is -0.125. The number of pyridine rings is 3. The SMILES string of the molecule is C.COc1ccccc1C1CCC(=O)N1.COc1ccccc1C1CCc2nc3ccc(Cl)nc3n21.COc1ccccc1[C@@H]1CCc2nc3ccc(Cl)nc3n21.COc1ccccc1[C@H]1CCc2nc3ccc(Cl)nc3n21.O=C1CCC(=O)N1. The molecule has 85 heavy (non-hydrogen) atoms. The summed E-state index contributed by atoms with van der Waals surface area (Å²) in [7, 11) is 6.76. The number of halogens is 3. The third-order valence-electron chi connectivity index (χ3n) is 15.4. The Hall–Kier alpha value is -8.58. The van der Waals surface area contributed by atoms with Gasteiger partial charge < -0.3 is 38.0 Å². The number of carbonyl (C=O) groups excluding carboxylic acids is 3. The highest BCUT2D eigenvalue weighted by Gasteiger charge is 2.33. The molecule has 11 heterocycles. The number of nitrogens with zero attached hydrogens (tertiary/aromatic N) is 9. The van der Waals surface area contributed by atoms with Crippen molar-refractivity contribution in [2.75, 3.05) is 28.4 Å². The maximum absolute atomic E-state index is 11.1. The average Bonchev–Trinajstić information content (AvgIpc) is 1.89. The topological polar surface area (TPSA) is 204 Å². The molecule has 0 saturated carbocycles. The molecule has 2 unspecified atom stereocenters. The van der Waals surface area contributed by atoms with Crippen LogP contribution in [-0.2, 0) is 33.6 Å². The smallest absolute Gasteiger partial charge is 0.227 e. The molecule has 10 aromatic rings. The van der Waals surface area contributed by atoms with Crippen molar-refractivity contribution < 1.29 is 33.3 Å². The fourth-order valence-corrected chi connectivity index (χ4v) is 12.1. The molecule has 18 nitrogen and oxygen atoms in total. The van der Waals surface area contributed by atoms with Crippen LogP contribution < -0.4 is 29.6 Å². The van der Waals surface area contributed by atoms with Crippen LogP contribution in [0.1, 0.15) is 116 Å². The van der Waals surface area contributed by atoms with Crippen LogP contribution in [0, 0.1) is 0 Å². The summed E-state index contributed by atoms with van der Waals surface area (Å²) < 4.78 is 28.3. The minimum absolute atomic E-state index is 0. The highest BCUT2D eigenvalue weighted by atomic mass is 35.5. The van der Waals surface area contributed by atoms with Crippen LogP contribution in [0.3, 0.4) is 0 Å². The fraction of sp³-hybridized carbons (Fsp3) is 0.297. The largest absolute Gasteiger partial charge is 0.496 e. The van der Waals surface area contributed by atoms with Crippen molar-refractivity contribution in [3.8, 4) is 23.0 Å². The third-order valence-corrected chi connectivity index (χ3v) is 16.1. The molecular formula is C64H64Cl3N11O7. The number of nitrogens with one attached hydrogen (secondary N) is 2. The van der Waals surface area contributed by atoms with Crippen LogP contribution in [0.25, 0.3) is 33.5 Å². The number of amides is 3. The summed E-state index contributed by atoms with van der Waals surface area (Å²) >= 11 is 18.2. The van der Waals surface area contributed by atoms with Gasteiger partial charge in [0.15, 0.2) is 16.9 Å². The zero-order valence-corrected chi connectivity index (χ0v) is 48.9. The predicted octanol–water partition coefficient (Wildman–Crippen LogP) is 12.6. The number of hydrogen-bond donors (Lipinski definition) is 2. The van der Waals surface area contributed by atoms with Gasteiger partial charge in [-0.05, 0) is 86.3 Å². The molecule has 4 atom stereocenters. The second-order valence-corrected chi connectivity index (χ2v) is 21.5. The lowest BCUT2D eigenvalue weighted by Gasteiger charge is -2.17. The summed E-state index contributed by atoms with van der Waals surface area (Å²) in [5.74, 6) is 6.58. The first kappa shape index (κ1) is 59.6. The number of rotatable bonds is 8. The minimum atomic E-state index is -0.148. The monoisotopic (exact) mass is 1200 g/mol. The number of methoxy groups -OCH3 is 4. The number of aromatic nitrogens is 9. The Balaban J connectivity index is 0.000000122. The van der Waals surface area contributed by atoms with Gasteiger partial charge in [0, 0.05) is 60.8 Å². The molecular weight excluding hydrogens is 1140 g/mol. The summed E-state index contributed by atoms with van der Waals surface area (Å²) in [6, 6.07) is 44.0. The Bertz CT molecular complexity index is 3730. The van der Waals surface area contributed by atoms with Gasteiger partial charge in [-0.3, -0.25) is 19.7 Å². The molecule has 21 heteroatoms. The molecule has 2 saturated heterocycles. The summed E-state index contributed by atoms with van der Waals surface area (Å²) in [4.78, 5) is 58.7. The number of para-hydroxylation sites is 4. The number of benzene rings is 4. The van der Waals surface area contributed by atoms with Gasteiger partial charge >= 0.3 is 0 Å². The molecule has 438 valence electrons. The van der Waals surface area contributed by atoms with Gasteiger partial charge in [0.1, 0.15) is 72.5 Å².